The summed E-state index contributed by atoms with van der Waals surface area (Å²) in [6.45, 7) is 4.53. The van der Waals surface area contributed by atoms with Crippen molar-refractivity contribution < 1.29 is 9.59 Å². The summed E-state index contributed by atoms with van der Waals surface area (Å²) in [6.07, 6.45) is 1.81. The van der Waals surface area contributed by atoms with Crippen molar-refractivity contribution in [3.8, 4) is 11.3 Å². The minimum absolute atomic E-state index is 0.346. The Bertz CT molecular complexity index is 685. The Kier molecular flexibility index (Phi) is 5.81. The number of imidazole rings is 1. The maximum atomic E-state index is 12.0. The molecule has 0 spiro atoms. The molecule has 0 aliphatic carbocycles. The lowest BCUT2D eigenvalue weighted by atomic mass is 10.2. The molecule has 0 saturated carbocycles. The average molecular weight is 332 g/mol. The quantitative estimate of drug-likeness (QED) is 0.825. The molecular formula is C16H20N4O2S. The SMILES string of the molecule is CCn1c(-c2ccccc2)cnc1S[C@@H](C)C(=O)NC(=O)NC. The van der Waals surface area contributed by atoms with Gasteiger partial charge in [-0.15, -0.1) is 0 Å². The number of nitrogens with one attached hydrogen (secondary N) is 2. The maximum absolute atomic E-state index is 12.0. The van der Waals surface area contributed by atoms with Crippen LogP contribution >= 0.6 is 11.8 Å². The molecule has 0 bridgehead atoms. The third-order valence-electron chi connectivity index (χ3n) is 3.32. The molecule has 1 atom stereocenters. The molecule has 1 aromatic heterocycles. The van der Waals surface area contributed by atoms with Gasteiger partial charge in [-0.05, 0) is 19.4 Å². The Labute approximate surface area is 139 Å². The molecule has 1 heterocycles. The highest BCUT2D eigenvalue weighted by Gasteiger charge is 2.20. The number of carbonyl (C=O) groups is 2. The molecule has 1 aromatic carbocycles. The van der Waals surface area contributed by atoms with Crippen molar-refractivity contribution in [3.63, 3.8) is 0 Å². The number of hydrogen-bond acceptors (Lipinski definition) is 4. The van der Waals surface area contributed by atoms with Gasteiger partial charge in [-0.3, -0.25) is 10.1 Å². The number of benzene rings is 1. The smallest absolute Gasteiger partial charge is 0.321 e. The van der Waals surface area contributed by atoms with Crippen molar-refractivity contribution >= 4 is 23.7 Å². The molecule has 2 N–H and O–H groups in total. The van der Waals surface area contributed by atoms with E-state index in [1.165, 1.54) is 18.8 Å². The Morgan fingerprint density at radius 3 is 2.61 bits per heavy atom. The summed E-state index contributed by atoms with van der Waals surface area (Å²) in [5.74, 6) is -0.346. The summed E-state index contributed by atoms with van der Waals surface area (Å²) < 4.78 is 2.06. The monoisotopic (exact) mass is 332 g/mol. The predicted octanol–water partition coefficient (Wildman–Crippen LogP) is 2.51. The van der Waals surface area contributed by atoms with E-state index in [-0.39, 0.29) is 5.91 Å². The van der Waals surface area contributed by atoms with Gasteiger partial charge < -0.3 is 9.88 Å². The van der Waals surface area contributed by atoms with Crippen LogP contribution in [-0.2, 0) is 11.3 Å². The van der Waals surface area contributed by atoms with Crippen LogP contribution in [0.2, 0.25) is 0 Å². The van der Waals surface area contributed by atoms with Crippen LogP contribution in [0.4, 0.5) is 4.79 Å². The standard InChI is InChI=1S/C16H20N4O2S/c1-4-20-13(12-8-6-5-7-9-12)10-18-16(20)23-11(2)14(21)19-15(22)17-3/h5-11H,4H2,1-3H3,(H2,17,19,21,22)/t11-/m0/s1. The van der Waals surface area contributed by atoms with E-state index in [2.05, 4.69) is 20.2 Å². The zero-order valence-electron chi connectivity index (χ0n) is 13.4. The third-order valence-corrected chi connectivity index (χ3v) is 4.42. The zero-order valence-corrected chi connectivity index (χ0v) is 14.2. The van der Waals surface area contributed by atoms with Crippen LogP contribution < -0.4 is 10.6 Å². The van der Waals surface area contributed by atoms with E-state index in [9.17, 15) is 9.59 Å². The Balaban J connectivity index is 2.16. The van der Waals surface area contributed by atoms with Crippen LogP contribution in [0.1, 0.15) is 13.8 Å². The van der Waals surface area contributed by atoms with E-state index in [1.54, 1.807) is 6.92 Å². The topological polar surface area (TPSA) is 76.0 Å². The largest absolute Gasteiger partial charge is 0.341 e. The first kappa shape index (κ1) is 17.1. The van der Waals surface area contributed by atoms with Crippen LogP contribution in [0.3, 0.4) is 0 Å². The molecule has 7 heteroatoms. The first-order valence-corrected chi connectivity index (χ1v) is 8.25. The lowest BCUT2D eigenvalue weighted by Gasteiger charge is -2.13. The molecule has 0 saturated heterocycles. The summed E-state index contributed by atoms with van der Waals surface area (Å²) in [5, 5.41) is 4.97. The molecule has 0 aliphatic rings. The molecule has 0 unspecified atom stereocenters. The average Bonchev–Trinajstić information content (AvgIpc) is 2.97. The van der Waals surface area contributed by atoms with Crippen LogP contribution in [0.25, 0.3) is 11.3 Å². The highest BCUT2D eigenvalue weighted by atomic mass is 32.2. The molecule has 122 valence electrons. The Morgan fingerprint density at radius 2 is 2.00 bits per heavy atom. The number of thioether (sulfide) groups is 1. The lowest BCUT2D eigenvalue weighted by Crippen LogP contribution is -2.41. The van der Waals surface area contributed by atoms with E-state index in [0.717, 1.165) is 23.0 Å². The van der Waals surface area contributed by atoms with E-state index >= 15 is 0 Å². The second-order valence-corrected chi connectivity index (χ2v) is 6.17. The number of carbonyl (C=O) groups excluding carboxylic acids is 2. The molecule has 2 aromatic rings. The first-order chi connectivity index (χ1) is 11.1. The molecule has 2 rings (SSSR count). The van der Waals surface area contributed by atoms with Crippen molar-refractivity contribution in [1.82, 2.24) is 20.2 Å². The molecule has 0 fully saturated rings. The minimum Gasteiger partial charge on any atom is -0.341 e. The fraction of sp³-hybridized carbons (Fsp3) is 0.312. The zero-order chi connectivity index (χ0) is 16.8. The highest BCUT2D eigenvalue weighted by Crippen LogP contribution is 2.28. The van der Waals surface area contributed by atoms with Gasteiger partial charge in [0.1, 0.15) is 0 Å². The van der Waals surface area contributed by atoms with Crippen molar-refractivity contribution in [1.29, 1.82) is 0 Å². The van der Waals surface area contributed by atoms with Crippen LogP contribution in [0.5, 0.6) is 0 Å². The predicted molar refractivity (Wildman–Crippen MR) is 91.3 cm³/mol. The van der Waals surface area contributed by atoms with E-state index < -0.39 is 11.3 Å². The number of nitrogens with zero attached hydrogens (tertiary/aromatic N) is 2. The van der Waals surface area contributed by atoms with Gasteiger partial charge in [-0.1, -0.05) is 42.1 Å². The van der Waals surface area contributed by atoms with Crippen molar-refractivity contribution in [3.05, 3.63) is 36.5 Å². The minimum atomic E-state index is -0.508. The second kappa shape index (κ2) is 7.82. The van der Waals surface area contributed by atoms with Crippen LogP contribution in [0, 0.1) is 0 Å². The van der Waals surface area contributed by atoms with Gasteiger partial charge in [-0.25, -0.2) is 9.78 Å². The van der Waals surface area contributed by atoms with Crippen molar-refractivity contribution in [2.24, 2.45) is 0 Å². The maximum Gasteiger partial charge on any atom is 0.321 e. The van der Waals surface area contributed by atoms with E-state index in [0.29, 0.717) is 0 Å². The number of amides is 3. The fourth-order valence-corrected chi connectivity index (χ4v) is 3.04. The normalized spacial score (nSPS) is 11.8. The summed E-state index contributed by atoms with van der Waals surface area (Å²) in [6, 6.07) is 9.48. The fourth-order valence-electron chi connectivity index (χ4n) is 2.09. The number of aromatic nitrogens is 2. The van der Waals surface area contributed by atoms with Crippen molar-refractivity contribution in [2.75, 3.05) is 7.05 Å². The third kappa shape index (κ3) is 4.13. The molecule has 0 aliphatic heterocycles. The molecule has 3 amide bonds. The first-order valence-electron chi connectivity index (χ1n) is 7.37. The lowest BCUT2D eigenvalue weighted by molar-refractivity contribution is -0.119. The van der Waals surface area contributed by atoms with Gasteiger partial charge in [0.15, 0.2) is 5.16 Å². The van der Waals surface area contributed by atoms with Gasteiger partial charge in [0.05, 0.1) is 17.1 Å². The number of imide groups is 1. The summed E-state index contributed by atoms with van der Waals surface area (Å²) in [4.78, 5) is 27.6. The van der Waals surface area contributed by atoms with E-state index in [1.807, 2.05) is 43.5 Å². The van der Waals surface area contributed by atoms with Gasteiger partial charge in [0.2, 0.25) is 5.91 Å². The second-order valence-electron chi connectivity index (χ2n) is 4.86. The summed E-state index contributed by atoms with van der Waals surface area (Å²) >= 11 is 1.33. The number of urea groups is 1. The number of hydrogen-bond donors (Lipinski definition) is 2. The van der Waals surface area contributed by atoms with Crippen LogP contribution in [0.15, 0.2) is 41.7 Å². The van der Waals surface area contributed by atoms with Gasteiger partial charge in [0, 0.05) is 13.6 Å². The van der Waals surface area contributed by atoms with Gasteiger partial charge in [0.25, 0.3) is 0 Å². The van der Waals surface area contributed by atoms with Crippen molar-refractivity contribution in [2.45, 2.75) is 30.8 Å². The van der Waals surface area contributed by atoms with Crippen LogP contribution in [-0.4, -0.2) is 33.8 Å². The summed E-state index contributed by atoms with van der Waals surface area (Å²) in [7, 11) is 1.47. The molecular weight excluding hydrogens is 312 g/mol. The Hall–Kier alpha value is -2.28. The van der Waals surface area contributed by atoms with Gasteiger partial charge >= 0.3 is 6.03 Å². The molecule has 0 radical (unpaired) electrons. The Morgan fingerprint density at radius 1 is 1.30 bits per heavy atom. The molecule has 23 heavy (non-hydrogen) atoms. The number of rotatable bonds is 5. The summed E-state index contributed by atoms with van der Waals surface area (Å²) in [5.41, 5.74) is 2.09. The highest BCUT2D eigenvalue weighted by molar-refractivity contribution is 8.00. The molecule has 6 nitrogen and oxygen atoms in total. The van der Waals surface area contributed by atoms with Gasteiger partial charge in [-0.2, -0.15) is 0 Å². The van der Waals surface area contributed by atoms with E-state index in [4.69, 9.17) is 0 Å².